The lowest BCUT2D eigenvalue weighted by Gasteiger charge is -2.09. The van der Waals surface area contributed by atoms with E-state index in [-0.39, 0.29) is 5.75 Å². The van der Waals surface area contributed by atoms with Crippen molar-refractivity contribution in [3.05, 3.63) is 54.1 Å². The maximum absolute atomic E-state index is 12.3. The molecule has 0 unspecified atom stereocenters. The number of thioether (sulfide) groups is 1. The van der Waals surface area contributed by atoms with Crippen LogP contribution in [-0.2, 0) is 10.0 Å². The molecule has 0 saturated heterocycles. The van der Waals surface area contributed by atoms with Gasteiger partial charge in [0.25, 0.3) is 11.7 Å². The number of rotatable bonds is 8. The Morgan fingerprint density at radius 1 is 1.04 bits per heavy atom. The first-order chi connectivity index (χ1) is 12.3. The van der Waals surface area contributed by atoms with Crippen LogP contribution < -0.4 is 10.0 Å². The highest BCUT2D eigenvalue weighted by atomic mass is 32.2. The Balaban J connectivity index is 1.99. The predicted octanol–water partition coefficient (Wildman–Crippen LogP) is 4.41. The molecule has 1 amide bonds. The quantitative estimate of drug-likeness (QED) is 0.644. The number of hydrogen-bond acceptors (Lipinski definition) is 4. The first-order valence-corrected chi connectivity index (χ1v) is 10.3. The lowest BCUT2D eigenvalue weighted by atomic mass is 10.2. The second-order valence-corrected chi connectivity index (χ2v) is 8.26. The van der Waals surface area contributed by atoms with Gasteiger partial charge in [-0.1, -0.05) is 18.7 Å². The topological polar surface area (TPSA) is 75.3 Å². The molecule has 2 aromatic rings. The SMILES string of the molecule is CCCS(=O)(=O)Nc1ccc(NC(=O)c2ccc(SC(F)F)cc2)cc1. The lowest BCUT2D eigenvalue weighted by Crippen LogP contribution is -2.16. The molecule has 0 heterocycles. The molecule has 2 aromatic carbocycles. The van der Waals surface area contributed by atoms with E-state index in [4.69, 9.17) is 0 Å². The third kappa shape index (κ3) is 6.30. The van der Waals surface area contributed by atoms with Crippen LogP contribution in [0.15, 0.2) is 53.4 Å². The van der Waals surface area contributed by atoms with Gasteiger partial charge in [0.05, 0.1) is 5.75 Å². The number of amides is 1. The Morgan fingerprint density at radius 3 is 2.15 bits per heavy atom. The highest BCUT2D eigenvalue weighted by molar-refractivity contribution is 7.99. The summed E-state index contributed by atoms with van der Waals surface area (Å²) in [4.78, 5) is 12.5. The van der Waals surface area contributed by atoms with Gasteiger partial charge in [0.15, 0.2) is 0 Å². The standard InChI is InChI=1S/C17H18F2N2O3S2/c1-2-11-26(23,24)21-14-7-5-13(6-8-14)20-16(22)12-3-9-15(10-4-12)25-17(18)19/h3-10,17,21H,2,11H2,1H3,(H,20,22). The van der Waals surface area contributed by atoms with Crippen molar-refractivity contribution in [3.63, 3.8) is 0 Å². The van der Waals surface area contributed by atoms with Gasteiger partial charge in [-0.25, -0.2) is 8.42 Å². The molecule has 0 atom stereocenters. The Bertz CT molecular complexity index is 839. The van der Waals surface area contributed by atoms with Crippen LogP contribution in [0.1, 0.15) is 23.7 Å². The van der Waals surface area contributed by atoms with Gasteiger partial charge in [0, 0.05) is 21.8 Å². The second-order valence-electron chi connectivity index (χ2n) is 5.36. The van der Waals surface area contributed by atoms with Crippen molar-refractivity contribution in [1.29, 1.82) is 0 Å². The van der Waals surface area contributed by atoms with Crippen LogP contribution in [0.3, 0.4) is 0 Å². The second kappa shape index (κ2) is 9.00. The van der Waals surface area contributed by atoms with E-state index in [1.54, 1.807) is 31.2 Å². The molecule has 0 aromatic heterocycles. The molecule has 26 heavy (non-hydrogen) atoms. The highest BCUT2D eigenvalue weighted by Crippen LogP contribution is 2.25. The van der Waals surface area contributed by atoms with E-state index >= 15 is 0 Å². The van der Waals surface area contributed by atoms with Crippen LogP contribution in [0.2, 0.25) is 0 Å². The monoisotopic (exact) mass is 400 g/mol. The Morgan fingerprint density at radius 2 is 1.62 bits per heavy atom. The first kappa shape index (κ1) is 20.2. The van der Waals surface area contributed by atoms with Crippen molar-refractivity contribution in [2.75, 3.05) is 15.8 Å². The smallest absolute Gasteiger partial charge is 0.288 e. The average Bonchev–Trinajstić information content (AvgIpc) is 2.56. The molecule has 0 aliphatic carbocycles. The normalized spacial score (nSPS) is 11.4. The van der Waals surface area contributed by atoms with Crippen LogP contribution >= 0.6 is 11.8 Å². The van der Waals surface area contributed by atoms with Gasteiger partial charge in [-0.2, -0.15) is 8.78 Å². The van der Waals surface area contributed by atoms with E-state index in [0.29, 0.717) is 40.0 Å². The van der Waals surface area contributed by atoms with Crippen molar-refractivity contribution >= 4 is 39.1 Å². The summed E-state index contributed by atoms with van der Waals surface area (Å²) >= 11 is 0.411. The molecule has 0 fully saturated rings. The van der Waals surface area contributed by atoms with E-state index in [0.717, 1.165) is 0 Å². The molecule has 0 spiro atoms. The summed E-state index contributed by atoms with van der Waals surface area (Å²) < 4.78 is 50.4. The van der Waals surface area contributed by atoms with Gasteiger partial charge in [-0.15, -0.1) is 0 Å². The lowest BCUT2D eigenvalue weighted by molar-refractivity contribution is 0.102. The minimum absolute atomic E-state index is 0.0331. The fourth-order valence-electron chi connectivity index (χ4n) is 2.11. The van der Waals surface area contributed by atoms with Crippen LogP contribution in [-0.4, -0.2) is 25.8 Å². The highest BCUT2D eigenvalue weighted by Gasteiger charge is 2.10. The fraction of sp³-hybridized carbons (Fsp3) is 0.235. The molecule has 0 radical (unpaired) electrons. The average molecular weight is 400 g/mol. The van der Waals surface area contributed by atoms with E-state index < -0.39 is 21.7 Å². The van der Waals surface area contributed by atoms with E-state index in [1.165, 1.54) is 24.3 Å². The zero-order valence-electron chi connectivity index (χ0n) is 13.9. The van der Waals surface area contributed by atoms with Crippen LogP contribution in [0.25, 0.3) is 0 Å². The third-order valence-corrected chi connectivity index (χ3v) is 5.45. The summed E-state index contributed by atoms with van der Waals surface area (Å²) in [5.41, 5.74) is 1.22. The van der Waals surface area contributed by atoms with E-state index in [9.17, 15) is 22.0 Å². The molecule has 2 N–H and O–H groups in total. The van der Waals surface area contributed by atoms with Gasteiger partial charge in [-0.3, -0.25) is 9.52 Å². The zero-order valence-corrected chi connectivity index (χ0v) is 15.5. The summed E-state index contributed by atoms with van der Waals surface area (Å²) in [7, 11) is -3.37. The van der Waals surface area contributed by atoms with E-state index in [1.807, 2.05) is 0 Å². The summed E-state index contributed by atoms with van der Waals surface area (Å²) in [6.07, 6.45) is 0.512. The van der Waals surface area contributed by atoms with Gasteiger partial charge < -0.3 is 5.32 Å². The number of anilines is 2. The third-order valence-electron chi connectivity index (χ3n) is 3.23. The molecule has 5 nitrogen and oxygen atoms in total. The van der Waals surface area contributed by atoms with Crippen molar-refractivity contribution < 1.29 is 22.0 Å². The zero-order chi connectivity index (χ0) is 19.2. The number of carbonyl (C=O) groups is 1. The van der Waals surface area contributed by atoms with Gasteiger partial charge in [0.2, 0.25) is 10.0 Å². The molecule has 0 bridgehead atoms. The predicted molar refractivity (Wildman–Crippen MR) is 100 cm³/mol. The van der Waals surface area contributed by atoms with Crippen molar-refractivity contribution in [3.8, 4) is 0 Å². The molecule has 0 saturated carbocycles. The minimum Gasteiger partial charge on any atom is -0.322 e. The van der Waals surface area contributed by atoms with Crippen LogP contribution in [0.5, 0.6) is 0 Å². The number of benzene rings is 2. The summed E-state index contributed by atoms with van der Waals surface area (Å²) in [5, 5.41) is 2.66. The molecule has 9 heteroatoms. The molecular weight excluding hydrogens is 382 g/mol. The van der Waals surface area contributed by atoms with Crippen LogP contribution in [0.4, 0.5) is 20.2 Å². The number of sulfonamides is 1. The Kier molecular flexibility index (Phi) is 6.98. The fourth-order valence-corrected chi connectivity index (χ4v) is 3.75. The summed E-state index contributed by atoms with van der Waals surface area (Å²) in [6.45, 7) is 1.77. The van der Waals surface area contributed by atoms with Crippen molar-refractivity contribution in [2.45, 2.75) is 24.0 Å². The Hall–Kier alpha value is -2.13. The Labute approximate surface area is 155 Å². The number of carbonyl (C=O) groups excluding carboxylic acids is 1. The van der Waals surface area contributed by atoms with Gasteiger partial charge >= 0.3 is 0 Å². The molecule has 0 aliphatic rings. The number of halogens is 2. The first-order valence-electron chi connectivity index (χ1n) is 7.76. The molecule has 2 rings (SSSR count). The van der Waals surface area contributed by atoms with Gasteiger partial charge in [0.1, 0.15) is 0 Å². The number of hydrogen-bond donors (Lipinski definition) is 2. The van der Waals surface area contributed by atoms with Gasteiger partial charge in [-0.05, 0) is 55.0 Å². The van der Waals surface area contributed by atoms with Crippen molar-refractivity contribution in [2.24, 2.45) is 0 Å². The maximum Gasteiger partial charge on any atom is 0.288 e. The van der Waals surface area contributed by atoms with Crippen molar-refractivity contribution in [1.82, 2.24) is 0 Å². The largest absolute Gasteiger partial charge is 0.322 e. The maximum atomic E-state index is 12.3. The minimum atomic E-state index is -3.37. The van der Waals surface area contributed by atoms with E-state index in [2.05, 4.69) is 10.0 Å². The van der Waals surface area contributed by atoms with Crippen LogP contribution in [0, 0.1) is 0 Å². The molecular formula is C17H18F2N2O3S2. The number of nitrogens with one attached hydrogen (secondary N) is 2. The summed E-state index contributed by atoms with van der Waals surface area (Å²) in [6, 6.07) is 12.1. The molecule has 0 aliphatic heterocycles. The molecule has 140 valence electrons. The number of alkyl halides is 2. The summed E-state index contributed by atoms with van der Waals surface area (Å²) in [5.74, 6) is -2.87.